The van der Waals surface area contributed by atoms with Crippen LogP contribution in [-0.2, 0) is 6.54 Å². The monoisotopic (exact) mass is 179 g/mol. The Bertz CT molecular complexity index is 245. The molecule has 0 amide bonds. The lowest BCUT2D eigenvalue weighted by atomic mass is 10.2. The zero-order valence-corrected chi connectivity index (χ0v) is 8.03. The fourth-order valence-electron chi connectivity index (χ4n) is 0.955. The van der Waals surface area contributed by atoms with E-state index >= 15 is 0 Å². The number of thiophene rings is 1. The summed E-state index contributed by atoms with van der Waals surface area (Å²) in [6.07, 6.45) is 6.30. The molecule has 1 nitrogen and oxygen atoms in total. The fraction of sp³-hybridized carbons (Fsp3) is 0.400. The summed E-state index contributed by atoms with van der Waals surface area (Å²) < 4.78 is 0. The van der Waals surface area contributed by atoms with Crippen molar-refractivity contribution in [2.24, 2.45) is 0 Å². The number of terminal acetylenes is 1. The van der Waals surface area contributed by atoms with Crippen LogP contribution < -0.4 is 5.32 Å². The van der Waals surface area contributed by atoms with Gasteiger partial charge in [0.05, 0.1) is 6.04 Å². The highest BCUT2D eigenvalue weighted by Gasteiger charge is 1.99. The first-order chi connectivity index (χ1) is 5.86. The highest BCUT2D eigenvalue weighted by Crippen LogP contribution is 2.05. The van der Waals surface area contributed by atoms with E-state index in [0.717, 1.165) is 13.0 Å². The normalized spacial score (nSPS) is 12.3. The van der Waals surface area contributed by atoms with E-state index < -0.39 is 0 Å². The first-order valence-electron chi connectivity index (χ1n) is 4.07. The van der Waals surface area contributed by atoms with E-state index in [-0.39, 0.29) is 6.04 Å². The summed E-state index contributed by atoms with van der Waals surface area (Å²) in [5.74, 6) is 2.71. The summed E-state index contributed by atoms with van der Waals surface area (Å²) in [5, 5.41) is 7.50. The Hall–Kier alpha value is -0.780. The van der Waals surface area contributed by atoms with Gasteiger partial charge in [-0.2, -0.15) is 11.3 Å². The van der Waals surface area contributed by atoms with Crippen LogP contribution in [0.5, 0.6) is 0 Å². The molecule has 64 valence electrons. The van der Waals surface area contributed by atoms with Crippen LogP contribution in [0.4, 0.5) is 0 Å². The number of hydrogen-bond acceptors (Lipinski definition) is 2. The summed E-state index contributed by atoms with van der Waals surface area (Å²) in [6.45, 7) is 2.97. The molecule has 0 aliphatic rings. The van der Waals surface area contributed by atoms with E-state index in [1.807, 2.05) is 0 Å². The van der Waals surface area contributed by atoms with Crippen LogP contribution in [0.25, 0.3) is 0 Å². The molecule has 1 aromatic rings. The van der Waals surface area contributed by atoms with Crippen molar-refractivity contribution in [2.75, 3.05) is 0 Å². The molecular formula is C10H13NS. The van der Waals surface area contributed by atoms with Crippen LogP contribution in [0, 0.1) is 12.3 Å². The molecule has 1 unspecified atom stereocenters. The van der Waals surface area contributed by atoms with Crippen molar-refractivity contribution in [3.8, 4) is 12.3 Å². The van der Waals surface area contributed by atoms with Crippen LogP contribution in [0.2, 0.25) is 0 Å². The van der Waals surface area contributed by atoms with Crippen LogP contribution in [0.1, 0.15) is 18.9 Å². The Morgan fingerprint density at radius 1 is 1.75 bits per heavy atom. The second kappa shape index (κ2) is 4.97. The minimum absolute atomic E-state index is 0.213. The molecule has 0 fully saturated rings. The van der Waals surface area contributed by atoms with Gasteiger partial charge in [0.2, 0.25) is 0 Å². The molecule has 0 bridgehead atoms. The number of hydrogen-bond donors (Lipinski definition) is 1. The molecular weight excluding hydrogens is 166 g/mol. The quantitative estimate of drug-likeness (QED) is 0.699. The van der Waals surface area contributed by atoms with E-state index in [4.69, 9.17) is 6.42 Å². The molecule has 1 N–H and O–H groups in total. The maximum absolute atomic E-state index is 5.31. The van der Waals surface area contributed by atoms with E-state index in [9.17, 15) is 0 Å². The first-order valence-corrected chi connectivity index (χ1v) is 5.01. The third-order valence-electron chi connectivity index (χ3n) is 1.74. The predicted molar refractivity (Wildman–Crippen MR) is 54.1 cm³/mol. The highest BCUT2D eigenvalue weighted by molar-refractivity contribution is 7.07. The lowest BCUT2D eigenvalue weighted by Crippen LogP contribution is -2.25. The van der Waals surface area contributed by atoms with Crippen molar-refractivity contribution in [3.63, 3.8) is 0 Å². The summed E-state index contributed by atoms with van der Waals surface area (Å²) in [6, 6.07) is 2.32. The topological polar surface area (TPSA) is 12.0 Å². The van der Waals surface area contributed by atoms with Gasteiger partial charge in [-0.25, -0.2) is 0 Å². The molecule has 0 aliphatic heterocycles. The van der Waals surface area contributed by atoms with Gasteiger partial charge in [-0.15, -0.1) is 6.42 Å². The minimum Gasteiger partial charge on any atom is -0.300 e. The Balaban J connectivity index is 2.31. The SMILES string of the molecule is C#CC(CC)NCc1ccsc1. The van der Waals surface area contributed by atoms with Gasteiger partial charge in [-0.3, -0.25) is 5.32 Å². The average Bonchev–Trinajstić information content (AvgIpc) is 2.59. The molecule has 0 saturated heterocycles. The molecule has 0 radical (unpaired) electrons. The Morgan fingerprint density at radius 3 is 3.08 bits per heavy atom. The van der Waals surface area contributed by atoms with Crippen molar-refractivity contribution in [2.45, 2.75) is 25.9 Å². The van der Waals surface area contributed by atoms with Crippen LogP contribution in [0.15, 0.2) is 16.8 Å². The summed E-state index contributed by atoms with van der Waals surface area (Å²) in [4.78, 5) is 0. The van der Waals surface area contributed by atoms with Crippen LogP contribution in [0.3, 0.4) is 0 Å². The number of nitrogens with one attached hydrogen (secondary N) is 1. The van der Waals surface area contributed by atoms with Crippen molar-refractivity contribution in [1.29, 1.82) is 0 Å². The Morgan fingerprint density at radius 2 is 2.58 bits per heavy atom. The maximum Gasteiger partial charge on any atom is 0.0686 e. The predicted octanol–water partition coefficient (Wildman–Crippen LogP) is 2.25. The second-order valence-corrected chi connectivity index (χ2v) is 3.42. The average molecular weight is 179 g/mol. The summed E-state index contributed by atoms with van der Waals surface area (Å²) in [7, 11) is 0. The van der Waals surface area contributed by atoms with E-state index in [2.05, 4.69) is 35.0 Å². The summed E-state index contributed by atoms with van der Waals surface area (Å²) in [5.41, 5.74) is 1.31. The highest BCUT2D eigenvalue weighted by atomic mass is 32.1. The molecule has 0 aliphatic carbocycles. The molecule has 1 heterocycles. The minimum atomic E-state index is 0.213. The molecule has 1 atom stereocenters. The van der Waals surface area contributed by atoms with E-state index in [1.165, 1.54) is 5.56 Å². The van der Waals surface area contributed by atoms with Crippen molar-refractivity contribution in [3.05, 3.63) is 22.4 Å². The third-order valence-corrected chi connectivity index (χ3v) is 2.47. The van der Waals surface area contributed by atoms with Gasteiger partial charge in [0, 0.05) is 6.54 Å². The van der Waals surface area contributed by atoms with Gasteiger partial charge in [-0.1, -0.05) is 12.8 Å². The molecule has 0 saturated carbocycles. The van der Waals surface area contributed by atoms with Crippen LogP contribution >= 0.6 is 11.3 Å². The second-order valence-electron chi connectivity index (χ2n) is 2.64. The molecule has 0 aromatic carbocycles. The zero-order chi connectivity index (χ0) is 8.81. The van der Waals surface area contributed by atoms with Gasteiger partial charge in [0.15, 0.2) is 0 Å². The lowest BCUT2D eigenvalue weighted by Gasteiger charge is -2.08. The van der Waals surface area contributed by atoms with Gasteiger partial charge < -0.3 is 0 Å². The smallest absolute Gasteiger partial charge is 0.0686 e. The van der Waals surface area contributed by atoms with Crippen LogP contribution in [-0.4, -0.2) is 6.04 Å². The van der Waals surface area contributed by atoms with Crippen molar-refractivity contribution >= 4 is 11.3 Å². The largest absolute Gasteiger partial charge is 0.300 e. The van der Waals surface area contributed by atoms with E-state index in [0.29, 0.717) is 0 Å². The Labute approximate surface area is 77.8 Å². The van der Waals surface area contributed by atoms with E-state index in [1.54, 1.807) is 11.3 Å². The first kappa shape index (κ1) is 9.31. The maximum atomic E-state index is 5.31. The molecule has 1 rings (SSSR count). The fourth-order valence-corrected chi connectivity index (χ4v) is 1.62. The number of rotatable bonds is 4. The molecule has 1 aromatic heterocycles. The van der Waals surface area contributed by atoms with Gasteiger partial charge in [0.1, 0.15) is 0 Å². The standard InChI is InChI=1S/C10H13NS/c1-3-10(4-2)11-7-9-5-6-12-8-9/h1,5-6,8,10-11H,4,7H2,2H3. The third kappa shape index (κ3) is 2.69. The summed E-state index contributed by atoms with van der Waals surface area (Å²) >= 11 is 1.71. The van der Waals surface area contributed by atoms with Crippen molar-refractivity contribution < 1.29 is 0 Å². The van der Waals surface area contributed by atoms with Crippen molar-refractivity contribution in [1.82, 2.24) is 5.32 Å². The van der Waals surface area contributed by atoms with Gasteiger partial charge in [0.25, 0.3) is 0 Å². The molecule has 2 heteroatoms. The molecule has 0 spiro atoms. The zero-order valence-electron chi connectivity index (χ0n) is 7.21. The molecule has 12 heavy (non-hydrogen) atoms. The van der Waals surface area contributed by atoms with Gasteiger partial charge in [-0.05, 0) is 28.8 Å². The lowest BCUT2D eigenvalue weighted by molar-refractivity contribution is 0.593. The Kier molecular flexibility index (Phi) is 3.86. The van der Waals surface area contributed by atoms with Gasteiger partial charge >= 0.3 is 0 Å².